The number of nitrogens with zero attached hydrogens (tertiary/aromatic N) is 2. The summed E-state index contributed by atoms with van der Waals surface area (Å²) in [6.45, 7) is 0. The van der Waals surface area contributed by atoms with Crippen molar-refractivity contribution in [3.05, 3.63) is 42.7 Å². The number of nitrogens with one attached hydrogen (secondary N) is 1. The van der Waals surface area contributed by atoms with E-state index in [0.717, 1.165) is 6.33 Å². The Balaban J connectivity index is 1.99. The number of ether oxygens (including phenoxy) is 2. The van der Waals surface area contributed by atoms with Crippen molar-refractivity contribution in [2.75, 3.05) is 5.32 Å². The zero-order valence-electron chi connectivity index (χ0n) is 10.1. The quantitative estimate of drug-likeness (QED) is 0.876. The van der Waals surface area contributed by atoms with Crippen molar-refractivity contribution in [1.82, 2.24) is 9.97 Å². The summed E-state index contributed by atoms with van der Waals surface area (Å²) in [6, 6.07) is 9.74. The van der Waals surface area contributed by atoms with Crippen LogP contribution in [0.15, 0.2) is 42.7 Å². The predicted octanol–water partition coefficient (Wildman–Crippen LogP) is 1.54. The molecule has 3 N–H and O–H groups in total. The van der Waals surface area contributed by atoms with E-state index in [9.17, 15) is 9.59 Å². The van der Waals surface area contributed by atoms with Crippen LogP contribution in [-0.4, -0.2) is 22.2 Å². The van der Waals surface area contributed by atoms with Crippen LogP contribution >= 0.6 is 0 Å². The van der Waals surface area contributed by atoms with Crippen molar-refractivity contribution in [3.8, 4) is 11.6 Å². The number of aromatic nitrogens is 2. The first-order valence-electron chi connectivity index (χ1n) is 5.47. The van der Waals surface area contributed by atoms with Crippen molar-refractivity contribution < 1.29 is 19.1 Å². The summed E-state index contributed by atoms with van der Waals surface area (Å²) in [5.74, 6) is 0.410. The fourth-order valence-corrected chi connectivity index (χ4v) is 1.29. The lowest BCUT2D eigenvalue weighted by Gasteiger charge is -2.06. The predicted molar refractivity (Wildman–Crippen MR) is 68.3 cm³/mol. The molecular formula is C12H10N4O4. The SMILES string of the molecule is NC(=O)Oc1cc(NC(=O)Oc2ccccc2)ncn1. The van der Waals surface area contributed by atoms with E-state index in [1.54, 1.807) is 30.3 Å². The van der Waals surface area contributed by atoms with E-state index in [2.05, 4.69) is 20.0 Å². The van der Waals surface area contributed by atoms with Crippen molar-refractivity contribution in [3.63, 3.8) is 0 Å². The van der Waals surface area contributed by atoms with E-state index in [1.807, 2.05) is 0 Å². The standard InChI is InChI=1S/C12H10N4O4/c13-11(17)20-10-6-9(14-7-15-10)16-12(18)19-8-4-2-1-3-5-8/h1-7H,(H2,13,17)(H,14,15,16,18). The Kier molecular flexibility index (Phi) is 4.07. The Hall–Kier alpha value is -3.16. The maximum Gasteiger partial charge on any atom is 0.418 e. The Bertz CT molecular complexity index is 618. The van der Waals surface area contributed by atoms with Gasteiger partial charge in [-0.3, -0.25) is 5.32 Å². The second-order valence-corrected chi connectivity index (χ2v) is 3.49. The molecule has 0 saturated heterocycles. The lowest BCUT2D eigenvalue weighted by atomic mass is 10.3. The molecule has 20 heavy (non-hydrogen) atoms. The van der Waals surface area contributed by atoms with Crippen LogP contribution in [-0.2, 0) is 0 Å². The van der Waals surface area contributed by atoms with Gasteiger partial charge >= 0.3 is 12.2 Å². The summed E-state index contributed by atoms with van der Waals surface area (Å²) in [4.78, 5) is 29.6. The summed E-state index contributed by atoms with van der Waals surface area (Å²) in [7, 11) is 0. The molecule has 0 aliphatic rings. The third-order valence-electron chi connectivity index (χ3n) is 2.03. The number of primary amides is 1. The van der Waals surface area contributed by atoms with Crippen LogP contribution in [0, 0.1) is 0 Å². The van der Waals surface area contributed by atoms with Crippen LogP contribution in [0.1, 0.15) is 0 Å². The first-order valence-corrected chi connectivity index (χ1v) is 5.47. The van der Waals surface area contributed by atoms with Crippen LogP contribution in [0.3, 0.4) is 0 Å². The van der Waals surface area contributed by atoms with E-state index in [1.165, 1.54) is 6.07 Å². The molecule has 0 radical (unpaired) electrons. The summed E-state index contributed by atoms with van der Waals surface area (Å²) in [5, 5.41) is 2.36. The third-order valence-corrected chi connectivity index (χ3v) is 2.03. The molecule has 8 nitrogen and oxygen atoms in total. The molecule has 1 aromatic carbocycles. The van der Waals surface area contributed by atoms with Crippen molar-refractivity contribution in [2.45, 2.75) is 0 Å². The lowest BCUT2D eigenvalue weighted by molar-refractivity contribution is 0.209. The highest BCUT2D eigenvalue weighted by Crippen LogP contribution is 2.13. The van der Waals surface area contributed by atoms with Gasteiger partial charge in [-0.15, -0.1) is 0 Å². The van der Waals surface area contributed by atoms with Crippen molar-refractivity contribution in [2.24, 2.45) is 5.73 Å². The van der Waals surface area contributed by atoms with E-state index in [0.29, 0.717) is 5.75 Å². The zero-order chi connectivity index (χ0) is 14.4. The molecular weight excluding hydrogens is 264 g/mol. The first kappa shape index (κ1) is 13.3. The number of rotatable bonds is 3. The van der Waals surface area contributed by atoms with E-state index in [-0.39, 0.29) is 11.7 Å². The molecule has 0 saturated carbocycles. The molecule has 0 bridgehead atoms. The normalized spacial score (nSPS) is 9.60. The van der Waals surface area contributed by atoms with Gasteiger partial charge in [0.2, 0.25) is 5.88 Å². The number of anilines is 1. The minimum absolute atomic E-state index is 0.0810. The second kappa shape index (κ2) is 6.14. The largest absolute Gasteiger partial charge is 0.418 e. The molecule has 2 amide bonds. The van der Waals surface area contributed by atoms with Gasteiger partial charge in [-0.1, -0.05) is 18.2 Å². The lowest BCUT2D eigenvalue weighted by Crippen LogP contribution is -2.19. The van der Waals surface area contributed by atoms with Gasteiger partial charge in [-0.25, -0.2) is 19.6 Å². The summed E-state index contributed by atoms with van der Waals surface area (Å²) in [6.07, 6.45) is -0.641. The summed E-state index contributed by atoms with van der Waals surface area (Å²) >= 11 is 0. The van der Waals surface area contributed by atoms with Crippen LogP contribution in [0.25, 0.3) is 0 Å². The van der Waals surface area contributed by atoms with Crippen LogP contribution < -0.4 is 20.5 Å². The van der Waals surface area contributed by atoms with Crippen LogP contribution in [0.5, 0.6) is 11.6 Å². The van der Waals surface area contributed by atoms with Gasteiger partial charge in [0.05, 0.1) is 0 Å². The molecule has 0 atom stereocenters. The number of hydrogen-bond acceptors (Lipinski definition) is 6. The number of nitrogens with two attached hydrogens (primary N) is 1. The molecule has 0 unspecified atom stereocenters. The highest BCUT2D eigenvalue weighted by atomic mass is 16.6. The van der Waals surface area contributed by atoms with Gasteiger partial charge in [-0.2, -0.15) is 0 Å². The van der Waals surface area contributed by atoms with Gasteiger partial charge in [-0.05, 0) is 12.1 Å². The molecule has 0 aliphatic heterocycles. The number of amides is 2. The minimum Gasteiger partial charge on any atom is -0.410 e. The highest BCUT2D eigenvalue weighted by molar-refractivity contribution is 5.85. The number of carbonyl (C=O) groups is 2. The average Bonchev–Trinajstić information content (AvgIpc) is 2.39. The van der Waals surface area contributed by atoms with Crippen molar-refractivity contribution in [1.29, 1.82) is 0 Å². The number of benzene rings is 1. The molecule has 2 aromatic rings. The molecule has 8 heteroatoms. The molecule has 0 aliphatic carbocycles. The third kappa shape index (κ3) is 3.95. The Morgan fingerprint density at radius 3 is 2.55 bits per heavy atom. The van der Waals surface area contributed by atoms with Gasteiger partial charge in [0.1, 0.15) is 17.9 Å². The fraction of sp³-hybridized carbons (Fsp3) is 0. The van der Waals surface area contributed by atoms with E-state index >= 15 is 0 Å². The van der Waals surface area contributed by atoms with Gasteiger partial charge in [0.25, 0.3) is 0 Å². The van der Waals surface area contributed by atoms with Gasteiger partial charge in [0, 0.05) is 6.07 Å². The maximum atomic E-state index is 11.6. The summed E-state index contributed by atoms with van der Waals surface area (Å²) in [5.41, 5.74) is 4.84. The minimum atomic E-state index is -1.01. The summed E-state index contributed by atoms with van der Waals surface area (Å²) < 4.78 is 9.55. The average molecular weight is 274 g/mol. The first-order chi connectivity index (χ1) is 9.63. The van der Waals surface area contributed by atoms with Crippen LogP contribution in [0.4, 0.5) is 15.4 Å². The number of carbonyl (C=O) groups excluding carboxylic acids is 2. The molecule has 1 heterocycles. The van der Waals surface area contributed by atoms with E-state index < -0.39 is 12.2 Å². The number of para-hydroxylation sites is 1. The highest BCUT2D eigenvalue weighted by Gasteiger charge is 2.08. The molecule has 0 fully saturated rings. The van der Waals surface area contributed by atoms with Crippen molar-refractivity contribution >= 4 is 18.0 Å². The van der Waals surface area contributed by atoms with Crippen LogP contribution in [0.2, 0.25) is 0 Å². The maximum absolute atomic E-state index is 11.6. The monoisotopic (exact) mass is 274 g/mol. The Morgan fingerprint density at radius 2 is 1.85 bits per heavy atom. The fourth-order valence-electron chi connectivity index (χ4n) is 1.29. The van der Waals surface area contributed by atoms with Gasteiger partial charge in [0.15, 0.2) is 0 Å². The smallest absolute Gasteiger partial charge is 0.410 e. The molecule has 102 valence electrons. The number of hydrogen-bond donors (Lipinski definition) is 2. The molecule has 2 rings (SSSR count). The van der Waals surface area contributed by atoms with Gasteiger partial charge < -0.3 is 15.2 Å². The zero-order valence-corrected chi connectivity index (χ0v) is 10.1. The topological polar surface area (TPSA) is 116 Å². The molecule has 0 spiro atoms. The molecule has 1 aromatic heterocycles. The Morgan fingerprint density at radius 1 is 1.10 bits per heavy atom. The van der Waals surface area contributed by atoms with E-state index in [4.69, 9.17) is 10.5 Å². The Labute approximate surface area is 113 Å². The second-order valence-electron chi connectivity index (χ2n) is 3.49.